The fourth-order valence-electron chi connectivity index (χ4n) is 2.76. The molecule has 0 aromatic carbocycles. The highest BCUT2D eigenvalue weighted by Gasteiger charge is 2.57. The summed E-state index contributed by atoms with van der Waals surface area (Å²) in [5, 5.41) is 9.87. The van der Waals surface area contributed by atoms with Gasteiger partial charge < -0.3 is 15.2 Å². The van der Waals surface area contributed by atoms with Gasteiger partial charge in [0.2, 0.25) is 12.3 Å². The van der Waals surface area contributed by atoms with Gasteiger partial charge in [0.1, 0.15) is 0 Å². The lowest BCUT2D eigenvalue weighted by Gasteiger charge is -2.23. The van der Waals surface area contributed by atoms with Crippen molar-refractivity contribution in [1.29, 1.82) is 0 Å². The average molecular weight is 236 g/mol. The van der Waals surface area contributed by atoms with Crippen LogP contribution in [0.1, 0.15) is 25.1 Å². The first-order valence-corrected chi connectivity index (χ1v) is 6.04. The van der Waals surface area contributed by atoms with Gasteiger partial charge >= 0.3 is 0 Å². The van der Waals surface area contributed by atoms with Crippen LogP contribution in [0.4, 0.5) is 0 Å². The van der Waals surface area contributed by atoms with E-state index in [0.717, 1.165) is 32.4 Å². The Morgan fingerprint density at radius 3 is 3.12 bits per heavy atom. The maximum Gasteiger partial charge on any atom is 0.224 e. The second-order valence-electron chi connectivity index (χ2n) is 4.93. The van der Waals surface area contributed by atoms with E-state index < -0.39 is 0 Å². The third-order valence-corrected chi connectivity index (χ3v) is 3.93. The predicted molar refractivity (Wildman–Crippen MR) is 58.8 cm³/mol. The molecule has 1 atom stereocenters. The number of rotatable bonds is 3. The van der Waals surface area contributed by atoms with Gasteiger partial charge in [0.05, 0.1) is 6.54 Å². The maximum atomic E-state index is 12.0. The molecule has 1 saturated heterocycles. The summed E-state index contributed by atoms with van der Waals surface area (Å²) in [7, 11) is 0. The van der Waals surface area contributed by atoms with Crippen LogP contribution in [0.15, 0.2) is 10.9 Å². The van der Waals surface area contributed by atoms with Crippen molar-refractivity contribution < 1.29 is 9.32 Å². The van der Waals surface area contributed by atoms with Gasteiger partial charge in [-0.1, -0.05) is 5.16 Å². The average Bonchev–Trinajstić information content (AvgIpc) is 2.82. The van der Waals surface area contributed by atoms with Crippen LogP contribution in [-0.2, 0) is 11.3 Å². The molecule has 1 aliphatic heterocycles. The van der Waals surface area contributed by atoms with Gasteiger partial charge in [0.15, 0.2) is 5.82 Å². The van der Waals surface area contributed by atoms with Crippen LogP contribution in [0.25, 0.3) is 0 Å². The first-order valence-electron chi connectivity index (χ1n) is 6.04. The maximum absolute atomic E-state index is 12.0. The molecule has 17 heavy (non-hydrogen) atoms. The van der Waals surface area contributed by atoms with Gasteiger partial charge in [-0.15, -0.1) is 0 Å². The lowest BCUT2D eigenvalue weighted by molar-refractivity contribution is -0.123. The van der Waals surface area contributed by atoms with Crippen molar-refractivity contribution in [1.82, 2.24) is 20.8 Å². The molecule has 6 nitrogen and oxygen atoms in total. The molecule has 2 heterocycles. The Balaban J connectivity index is 1.51. The highest BCUT2D eigenvalue weighted by atomic mass is 16.5. The number of carbonyl (C=O) groups excluding carboxylic acids is 1. The first-order chi connectivity index (χ1) is 8.30. The van der Waals surface area contributed by atoms with E-state index in [-0.39, 0.29) is 17.2 Å². The van der Waals surface area contributed by atoms with Gasteiger partial charge in [0, 0.05) is 5.92 Å². The van der Waals surface area contributed by atoms with Crippen molar-refractivity contribution >= 4 is 5.91 Å². The highest BCUT2D eigenvalue weighted by Crippen LogP contribution is 2.58. The second kappa shape index (κ2) is 4.10. The largest absolute Gasteiger partial charge is 0.348 e. The number of hydrogen-bond acceptors (Lipinski definition) is 5. The normalized spacial score (nSPS) is 25.8. The minimum absolute atomic E-state index is 0.136. The van der Waals surface area contributed by atoms with E-state index in [1.807, 2.05) is 0 Å². The third-order valence-electron chi connectivity index (χ3n) is 3.93. The molecule has 1 aromatic rings. The van der Waals surface area contributed by atoms with Gasteiger partial charge in [-0.25, -0.2) is 0 Å². The number of nitrogens with zero attached hydrogens (tertiary/aromatic N) is 2. The molecule has 2 N–H and O–H groups in total. The van der Waals surface area contributed by atoms with E-state index >= 15 is 0 Å². The van der Waals surface area contributed by atoms with Crippen molar-refractivity contribution in [2.45, 2.75) is 25.8 Å². The van der Waals surface area contributed by atoms with Crippen LogP contribution in [0.2, 0.25) is 0 Å². The molecule has 2 aliphatic rings. The van der Waals surface area contributed by atoms with Gasteiger partial charge in [0.25, 0.3) is 0 Å². The number of aromatic nitrogens is 2. The van der Waals surface area contributed by atoms with Crippen molar-refractivity contribution in [3.63, 3.8) is 0 Å². The molecule has 1 spiro atoms. The monoisotopic (exact) mass is 236 g/mol. The Morgan fingerprint density at radius 1 is 1.59 bits per heavy atom. The number of carbonyl (C=O) groups is 1. The van der Waals surface area contributed by atoms with E-state index in [1.54, 1.807) is 0 Å². The molecule has 1 aromatic heterocycles. The lowest BCUT2D eigenvalue weighted by atomic mass is 9.92. The zero-order valence-corrected chi connectivity index (χ0v) is 9.61. The number of amides is 1. The van der Waals surface area contributed by atoms with Crippen molar-refractivity contribution in [2.24, 2.45) is 11.3 Å². The summed E-state index contributed by atoms with van der Waals surface area (Å²) >= 11 is 0. The molecule has 1 aliphatic carbocycles. The first kappa shape index (κ1) is 10.7. The predicted octanol–water partition coefficient (Wildman–Crippen LogP) is 0.0755. The molecule has 3 rings (SSSR count). The number of nitrogens with one attached hydrogen (secondary N) is 2. The zero-order chi connectivity index (χ0) is 11.7. The minimum Gasteiger partial charge on any atom is -0.348 e. The van der Waals surface area contributed by atoms with E-state index in [0.29, 0.717) is 12.4 Å². The van der Waals surface area contributed by atoms with E-state index in [9.17, 15) is 4.79 Å². The fourth-order valence-corrected chi connectivity index (χ4v) is 2.76. The Morgan fingerprint density at radius 2 is 2.41 bits per heavy atom. The van der Waals surface area contributed by atoms with Crippen molar-refractivity contribution in [3.05, 3.63) is 12.2 Å². The molecule has 1 unspecified atom stereocenters. The Kier molecular flexibility index (Phi) is 2.58. The smallest absolute Gasteiger partial charge is 0.224 e. The SMILES string of the molecule is O=C(NCc1ncon1)C1CC12CCNCC2. The van der Waals surface area contributed by atoms with E-state index in [4.69, 9.17) is 0 Å². The molecule has 6 heteroatoms. The van der Waals surface area contributed by atoms with Crippen molar-refractivity contribution in [2.75, 3.05) is 13.1 Å². The van der Waals surface area contributed by atoms with Gasteiger partial charge in [-0.05, 0) is 37.8 Å². The van der Waals surface area contributed by atoms with Crippen LogP contribution in [0.3, 0.4) is 0 Å². The van der Waals surface area contributed by atoms with Gasteiger partial charge in [-0.2, -0.15) is 4.98 Å². The van der Waals surface area contributed by atoms with Gasteiger partial charge in [-0.3, -0.25) is 4.79 Å². The molecule has 0 bridgehead atoms. The quantitative estimate of drug-likeness (QED) is 0.776. The Bertz CT molecular complexity index is 398. The summed E-state index contributed by atoms with van der Waals surface area (Å²) in [6, 6.07) is 0. The number of hydrogen-bond donors (Lipinski definition) is 2. The fraction of sp³-hybridized carbons (Fsp3) is 0.727. The Hall–Kier alpha value is -1.43. The van der Waals surface area contributed by atoms with Crippen LogP contribution in [0.5, 0.6) is 0 Å². The summed E-state index contributed by atoms with van der Waals surface area (Å²) in [6.07, 6.45) is 4.54. The van der Waals surface area contributed by atoms with E-state index in [1.165, 1.54) is 6.39 Å². The molecule has 1 saturated carbocycles. The lowest BCUT2D eigenvalue weighted by Crippen LogP contribution is -2.33. The van der Waals surface area contributed by atoms with E-state index in [2.05, 4.69) is 25.3 Å². The van der Waals surface area contributed by atoms with Crippen LogP contribution >= 0.6 is 0 Å². The summed E-state index contributed by atoms with van der Waals surface area (Å²) < 4.78 is 4.61. The third kappa shape index (κ3) is 2.04. The summed E-state index contributed by atoms with van der Waals surface area (Å²) in [5.41, 5.74) is 0.284. The standard InChI is InChI=1S/C11H16N4O2/c16-10(13-6-9-14-7-17-15-9)8-5-11(8)1-3-12-4-2-11/h7-8,12H,1-6H2,(H,13,16). The van der Waals surface area contributed by atoms with Crippen LogP contribution in [0, 0.1) is 11.3 Å². The molecule has 1 amide bonds. The number of piperidine rings is 1. The van der Waals surface area contributed by atoms with Crippen LogP contribution in [-0.4, -0.2) is 29.1 Å². The summed E-state index contributed by atoms with van der Waals surface area (Å²) in [4.78, 5) is 15.8. The summed E-state index contributed by atoms with van der Waals surface area (Å²) in [6.45, 7) is 2.43. The highest BCUT2D eigenvalue weighted by molar-refractivity contribution is 5.82. The second-order valence-corrected chi connectivity index (χ2v) is 4.93. The summed E-state index contributed by atoms with van der Waals surface area (Å²) in [5.74, 6) is 0.853. The van der Waals surface area contributed by atoms with Crippen LogP contribution < -0.4 is 10.6 Å². The zero-order valence-electron chi connectivity index (χ0n) is 9.61. The molecular weight excluding hydrogens is 220 g/mol. The topological polar surface area (TPSA) is 80.1 Å². The molecule has 2 fully saturated rings. The minimum atomic E-state index is 0.136. The molecule has 92 valence electrons. The Labute approximate surface area is 99.2 Å². The molecular formula is C11H16N4O2. The molecule has 0 radical (unpaired) electrons. The van der Waals surface area contributed by atoms with Crippen molar-refractivity contribution in [3.8, 4) is 0 Å².